The van der Waals surface area contributed by atoms with E-state index in [2.05, 4.69) is 16.9 Å². The number of nitrogens with zero attached hydrogens (tertiary/aromatic N) is 4. The molecule has 2 aromatic heterocycles. The fourth-order valence-electron chi connectivity index (χ4n) is 4.79. The van der Waals surface area contributed by atoms with E-state index in [-0.39, 0.29) is 30.4 Å². The highest BCUT2D eigenvalue weighted by Crippen LogP contribution is 2.33. The summed E-state index contributed by atoms with van der Waals surface area (Å²) in [6.45, 7) is 8.82. The number of carbonyl (C=O) groups is 2. The monoisotopic (exact) mass is 521 g/mol. The van der Waals surface area contributed by atoms with Crippen LogP contribution in [0.25, 0.3) is 11.3 Å². The maximum absolute atomic E-state index is 13.5. The van der Waals surface area contributed by atoms with Crippen LogP contribution in [0.15, 0.2) is 66.5 Å². The van der Waals surface area contributed by atoms with Gasteiger partial charge in [-0.15, -0.1) is 11.3 Å². The Morgan fingerprint density at radius 1 is 1.19 bits per heavy atom. The van der Waals surface area contributed by atoms with Crippen LogP contribution in [0.3, 0.4) is 0 Å². The molecule has 2 saturated heterocycles. The quantitative estimate of drug-likeness (QED) is 0.418. The van der Waals surface area contributed by atoms with Gasteiger partial charge in [0.25, 0.3) is 5.91 Å². The summed E-state index contributed by atoms with van der Waals surface area (Å²) in [7, 11) is 0. The molecule has 9 heteroatoms. The summed E-state index contributed by atoms with van der Waals surface area (Å²) in [5, 5.41) is 6.21. The van der Waals surface area contributed by atoms with Crippen molar-refractivity contribution in [2.24, 2.45) is 5.92 Å². The van der Waals surface area contributed by atoms with Crippen LogP contribution in [-0.2, 0) is 14.3 Å². The Morgan fingerprint density at radius 3 is 2.70 bits per heavy atom. The minimum Gasteiger partial charge on any atom is -0.484 e. The summed E-state index contributed by atoms with van der Waals surface area (Å²) in [6.07, 6.45) is 12.9. The molecule has 4 heterocycles. The predicted molar refractivity (Wildman–Crippen MR) is 146 cm³/mol. The highest BCUT2D eigenvalue weighted by Gasteiger charge is 2.34. The largest absolute Gasteiger partial charge is 0.484 e. The molecule has 2 fully saturated rings. The van der Waals surface area contributed by atoms with Gasteiger partial charge >= 0.3 is 0 Å². The third-order valence-electron chi connectivity index (χ3n) is 6.74. The lowest BCUT2D eigenvalue weighted by molar-refractivity contribution is -0.139. The van der Waals surface area contributed by atoms with Crippen molar-refractivity contribution in [1.82, 2.24) is 25.1 Å². The average Bonchev–Trinajstić information content (AvgIpc) is 3.32. The molecule has 0 saturated carbocycles. The molecule has 2 aromatic rings. The Morgan fingerprint density at radius 2 is 1.97 bits per heavy atom. The molecule has 1 N–H and O–H groups in total. The lowest BCUT2D eigenvalue weighted by Gasteiger charge is -2.29. The van der Waals surface area contributed by atoms with E-state index >= 15 is 0 Å². The molecule has 1 unspecified atom stereocenters. The number of aromatic nitrogens is 2. The maximum atomic E-state index is 13.5. The third-order valence-corrected chi connectivity index (χ3v) is 7.68. The van der Waals surface area contributed by atoms with Crippen LogP contribution in [0.4, 0.5) is 0 Å². The molecule has 0 spiro atoms. The minimum atomic E-state index is -0.226. The van der Waals surface area contributed by atoms with Gasteiger partial charge in [0.2, 0.25) is 5.91 Å². The lowest BCUT2D eigenvalue weighted by Crippen LogP contribution is -2.43. The van der Waals surface area contributed by atoms with Crippen molar-refractivity contribution in [2.75, 3.05) is 39.3 Å². The van der Waals surface area contributed by atoms with Gasteiger partial charge in [-0.1, -0.05) is 18.7 Å². The zero-order chi connectivity index (χ0) is 26.0. The first kappa shape index (κ1) is 26.8. The number of amides is 2. The summed E-state index contributed by atoms with van der Waals surface area (Å²) in [5.41, 5.74) is 1.85. The third kappa shape index (κ3) is 6.93. The number of hydrogen-bond donors (Lipinski definition) is 1. The Balaban J connectivity index is 1.54. The van der Waals surface area contributed by atoms with Crippen LogP contribution < -0.4 is 5.32 Å². The second-order valence-electron chi connectivity index (χ2n) is 9.14. The Bertz CT molecular complexity index is 1120. The molecule has 2 amide bonds. The molecule has 37 heavy (non-hydrogen) atoms. The molecule has 1 atom stereocenters. The molecule has 2 aliphatic rings. The van der Waals surface area contributed by atoms with Crippen LogP contribution >= 0.6 is 11.3 Å². The Labute approximate surface area is 222 Å². The zero-order valence-corrected chi connectivity index (χ0v) is 22.2. The van der Waals surface area contributed by atoms with Gasteiger partial charge in [-0.25, -0.2) is 4.98 Å². The van der Waals surface area contributed by atoms with Crippen LogP contribution in [-0.4, -0.2) is 70.9 Å². The number of piperidine rings is 1. The molecule has 0 radical (unpaired) electrons. The molecule has 0 aromatic carbocycles. The smallest absolute Gasteiger partial charge is 0.261 e. The minimum absolute atomic E-state index is 0.0517. The maximum Gasteiger partial charge on any atom is 0.261 e. The van der Waals surface area contributed by atoms with Crippen molar-refractivity contribution in [3.05, 3.63) is 71.6 Å². The molecule has 4 rings (SSSR count). The summed E-state index contributed by atoms with van der Waals surface area (Å²) in [6, 6.07) is 3.63. The normalized spacial score (nSPS) is 19.6. The van der Waals surface area contributed by atoms with Crippen molar-refractivity contribution in [2.45, 2.75) is 32.2 Å². The van der Waals surface area contributed by atoms with Gasteiger partial charge in [0.05, 0.1) is 11.7 Å². The summed E-state index contributed by atoms with van der Waals surface area (Å²) < 4.78 is 5.81. The molecule has 2 aliphatic heterocycles. The second kappa shape index (κ2) is 13.3. The topological polar surface area (TPSA) is 87.7 Å². The number of pyridine rings is 1. The van der Waals surface area contributed by atoms with E-state index in [4.69, 9.17) is 9.72 Å². The molecular formula is C28H35N5O3S. The van der Waals surface area contributed by atoms with E-state index in [0.29, 0.717) is 31.8 Å². The predicted octanol–water partition coefficient (Wildman–Crippen LogP) is 3.97. The van der Waals surface area contributed by atoms with Gasteiger partial charge in [-0.05, 0) is 63.6 Å². The van der Waals surface area contributed by atoms with Crippen LogP contribution in [0, 0.1) is 5.92 Å². The summed E-state index contributed by atoms with van der Waals surface area (Å²) in [4.78, 5) is 39.6. The number of allylic oxidation sites excluding steroid dienone is 4. The molecule has 196 valence electrons. The van der Waals surface area contributed by atoms with Crippen molar-refractivity contribution in [1.29, 1.82) is 0 Å². The highest BCUT2D eigenvalue weighted by atomic mass is 32.1. The van der Waals surface area contributed by atoms with Gasteiger partial charge in [-0.3, -0.25) is 14.6 Å². The van der Waals surface area contributed by atoms with E-state index in [1.807, 2.05) is 40.3 Å². The average molecular weight is 522 g/mol. The van der Waals surface area contributed by atoms with E-state index in [1.165, 1.54) is 0 Å². The first-order valence-electron chi connectivity index (χ1n) is 12.8. The van der Waals surface area contributed by atoms with Crippen LogP contribution in [0.5, 0.6) is 0 Å². The van der Waals surface area contributed by atoms with E-state index < -0.39 is 0 Å². The first-order chi connectivity index (χ1) is 18.1. The Hall–Kier alpha value is -3.30. The van der Waals surface area contributed by atoms with Crippen molar-refractivity contribution in [3.63, 3.8) is 0 Å². The van der Waals surface area contributed by atoms with Gasteiger partial charge in [0.15, 0.2) is 6.61 Å². The molecule has 0 aliphatic carbocycles. The van der Waals surface area contributed by atoms with E-state index in [0.717, 1.165) is 42.2 Å². The van der Waals surface area contributed by atoms with E-state index in [9.17, 15) is 9.59 Å². The zero-order valence-electron chi connectivity index (χ0n) is 21.3. The van der Waals surface area contributed by atoms with Crippen molar-refractivity contribution < 1.29 is 14.3 Å². The lowest BCUT2D eigenvalue weighted by atomic mass is 9.96. The number of ether oxygens (including phenoxy) is 1. The van der Waals surface area contributed by atoms with E-state index in [1.54, 1.807) is 42.0 Å². The van der Waals surface area contributed by atoms with Crippen molar-refractivity contribution >= 4 is 23.2 Å². The number of thiazole rings is 1. The van der Waals surface area contributed by atoms with Crippen LogP contribution in [0.2, 0.25) is 0 Å². The number of nitrogens with one attached hydrogen (secondary N) is 1. The molecular weight excluding hydrogens is 486 g/mol. The van der Waals surface area contributed by atoms with Crippen LogP contribution in [0.1, 0.15) is 37.2 Å². The molecule has 0 bridgehead atoms. The molecule has 8 nitrogen and oxygen atoms in total. The number of carbonyl (C=O) groups excluding carboxylic acids is 2. The second-order valence-corrected chi connectivity index (χ2v) is 10.0. The summed E-state index contributed by atoms with van der Waals surface area (Å²) in [5.74, 6) is 0.706. The Kier molecular flexibility index (Phi) is 9.62. The standard InChI is InChI=1S/C28H35N5O3S/c1-3-5-23(6-4-2)36-19-26(34)33-18-17-32(28(35)22-9-14-30-15-10-22)16-11-25(33)27-31-24(20-37-27)21-7-12-29-13-8-21/h3-8,12-13,20,22,25,30H,1,9-11,14-19H2,2H3/b6-4-,23-5+. The van der Waals surface area contributed by atoms with Gasteiger partial charge < -0.3 is 19.9 Å². The fraction of sp³-hybridized carbons (Fsp3) is 0.429. The van der Waals surface area contributed by atoms with Gasteiger partial charge in [-0.2, -0.15) is 0 Å². The fourth-order valence-corrected chi connectivity index (χ4v) is 5.76. The number of rotatable bonds is 8. The number of hydrogen-bond acceptors (Lipinski definition) is 7. The highest BCUT2D eigenvalue weighted by molar-refractivity contribution is 7.10. The van der Waals surface area contributed by atoms with Gasteiger partial charge in [0, 0.05) is 48.9 Å². The van der Waals surface area contributed by atoms with Crippen molar-refractivity contribution in [3.8, 4) is 11.3 Å². The van der Waals surface area contributed by atoms with Gasteiger partial charge in [0.1, 0.15) is 10.8 Å². The first-order valence-corrected chi connectivity index (χ1v) is 13.7. The SMILES string of the molecule is C=C/C=C(\C=C/C)OCC(=O)N1CCN(C(=O)C2CCNCC2)CCC1c1nc(-c2ccncc2)cs1. The summed E-state index contributed by atoms with van der Waals surface area (Å²) >= 11 is 1.55.